The number of rotatable bonds is 5. The predicted molar refractivity (Wildman–Crippen MR) is 137 cm³/mol. The molecule has 1 saturated heterocycles. The molecule has 0 radical (unpaired) electrons. The summed E-state index contributed by atoms with van der Waals surface area (Å²) in [6.07, 6.45) is 1.73. The van der Waals surface area contributed by atoms with Gasteiger partial charge in [0, 0.05) is 33.9 Å². The lowest BCUT2D eigenvalue weighted by molar-refractivity contribution is -0.132. The Kier molecular flexibility index (Phi) is 5.84. The lowest BCUT2D eigenvalue weighted by Crippen LogP contribution is -2.29. The second-order valence-corrected chi connectivity index (χ2v) is 9.05. The Morgan fingerprint density at radius 3 is 2.47 bits per heavy atom. The van der Waals surface area contributed by atoms with Crippen LogP contribution < -0.4 is 9.64 Å². The summed E-state index contributed by atoms with van der Waals surface area (Å²) >= 11 is 0. The van der Waals surface area contributed by atoms with Crippen molar-refractivity contribution in [3.63, 3.8) is 0 Å². The number of fused-ring (bicyclic) bond motifs is 1. The molecule has 2 N–H and O–H groups in total. The molecule has 3 aromatic carbocycles. The van der Waals surface area contributed by atoms with Gasteiger partial charge in [0.15, 0.2) is 0 Å². The van der Waals surface area contributed by atoms with Crippen LogP contribution in [0.3, 0.4) is 0 Å². The molecule has 1 amide bonds. The van der Waals surface area contributed by atoms with E-state index in [1.54, 1.807) is 31.5 Å². The first-order valence-corrected chi connectivity index (χ1v) is 11.6. The van der Waals surface area contributed by atoms with Gasteiger partial charge in [-0.3, -0.25) is 14.5 Å². The minimum atomic E-state index is -0.920. The minimum absolute atomic E-state index is 0.0334. The van der Waals surface area contributed by atoms with E-state index in [0.717, 1.165) is 16.5 Å². The molecule has 1 aliphatic rings. The van der Waals surface area contributed by atoms with E-state index in [2.05, 4.69) is 4.98 Å². The Bertz CT molecular complexity index is 1520. The fourth-order valence-corrected chi connectivity index (χ4v) is 4.80. The summed E-state index contributed by atoms with van der Waals surface area (Å²) in [5.74, 6) is -1.58. The standard InChI is InChI=1S/C29H25FN2O4/c1-16(2)21-14-17(8-13-24(21)36-3)27(33)25-26(22-15-31-23-7-5-4-6-20(22)23)32(29(35)28(25)34)19-11-9-18(30)10-12-19/h4-16,26,31,33H,1-3H3/b27-25+. The number of para-hydroxylation sites is 1. The van der Waals surface area contributed by atoms with Crippen molar-refractivity contribution < 1.29 is 23.8 Å². The molecule has 2 heterocycles. The number of nitrogens with zero attached hydrogens (tertiary/aromatic N) is 1. The number of aromatic nitrogens is 1. The third kappa shape index (κ3) is 3.73. The number of nitrogens with one attached hydrogen (secondary N) is 1. The van der Waals surface area contributed by atoms with E-state index in [-0.39, 0.29) is 17.3 Å². The molecular formula is C29H25FN2O4. The van der Waals surface area contributed by atoms with Gasteiger partial charge in [-0.1, -0.05) is 32.0 Å². The van der Waals surface area contributed by atoms with Gasteiger partial charge in [-0.25, -0.2) is 4.39 Å². The van der Waals surface area contributed by atoms with Crippen LogP contribution in [0.1, 0.15) is 42.5 Å². The topological polar surface area (TPSA) is 82.6 Å². The van der Waals surface area contributed by atoms with Crippen LogP contribution in [0.15, 0.2) is 78.5 Å². The molecule has 0 aliphatic carbocycles. The fourth-order valence-electron chi connectivity index (χ4n) is 4.80. The number of aliphatic hydroxyl groups is 1. The molecule has 6 nitrogen and oxygen atoms in total. The maximum atomic E-state index is 13.7. The second-order valence-electron chi connectivity index (χ2n) is 9.05. The Balaban J connectivity index is 1.76. The van der Waals surface area contributed by atoms with Crippen molar-refractivity contribution in [1.82, 2.24) is 4.98 Å². The number of amides is 1. The van der Waals surface area contributed by atoms with Gasteiger partial charge in [-0.15, -0.1) is 0 Å². The van der Waals surface area contributed by atoms with E-state index in [4.69, 9.17) is 4.74 Å². The molecule has 0 bridgehead atoms. The molecule has 0 saturated carbocycles. The van der Waals surface area contributed by atoms with Crippen LogP contribution in [0, 0.1) is 5.82 Å². The van der Waals surface area contributed by atoms with Crippen molar-refractivity contribution in [2.75, 3.05) is 12.0 Å². The highest BCUT2D eigenvalue weighted by atomic mass is 19.1. The highest BCUT2D eigenvalue weighted by Gasteiger charge is 2.47. The number of ether oxygens (including phenoxy) is 1. The van der Waals surface area contributed by atoms with E-state index in [1.807, 2.05) is 38.1 Å². The van der Waals surface area contributed by atoms with E-state index < -0.39 is 23.5 Å². The van der Waals surface area contributed by atoms with Crippen LogP contribution in [0.4, 0.5) is 10.1 Å². The van der Waals surface area contributed by atoms with Crippen molar-refractivity contribution in [2.24, 2.45) is 0 Å². The number of H-pyrrole nitrogens is 1. The molecule has 36 heavy (non-hydrogen) atoms. The smallest absolute Gasteiger partial charge is 0.300 e. The number of ketones is 1. The number of aromatic amines is 1. The minimum Gasteiger partial charge on any atom is -0.507 e. The maximum Gasteiger partial charge on any atom is 0.300 e. The van der Waals surface area contributed by atoms with Gasteiger partial charge in [0.25, 0.3) is 11.7 Å². The number of benzene rings is 3. The SMILES string of the molecule is COc1ccc(/C(O)=C2\C(=O)C(=O)N(c3ccc(F)cc3)C2c2c[nH]c3ccccc23)cc1C(C)C. The van der Waals surface area contributed by atoms with Crippen LogP contribution >= 0.6 is 0 Å². The first-order valence-electron chi connectivity index (χ1n) is 11.6. The lowest BCUT2D eigenvalue weighted by atomic mass is 9.93. The van der Waals surface area contributed by atoms with Gasteiger partial charge in [-0.2, -0.15) is 0 Å². The summed E-state index contributed by atoms with van der Waals surface area (Å²) in [4.78, 5) is 31.3. The number of halogens is 1. The average molecular weight is 485 g/mol. The Morgan fingerprint density at radius 1 is 1.06 bits per heavy atom. The van der Waals surface area contributed by atoms with Crippen LogP contribution in [0.2, 0.25) is 0 Å². The number of methoxy groups -OCH3 is 1. The monoisotopic (exact) mass is 484 g/mol. The third-order valence-corrected chi connectivity index (χ3v) is 6.59. The Hall–Kier alpha value is -4.39. The van der Waals surface area contributed by atoms with Crippen LogP contribution in [0.5, 0.6) is 5.75 Å². The average Bonchev–Trinajstić information content (AvgIpc) is 3.42. The Morgan fingerprint density at radius 2 is 1.78 bits per heavy atom. The van der Waals surface area contributed by atoms with Gasteiger partial charge in [0.1, 0.15) is 17.3 Å². The summed E-state index contributed by atoms with van der Waals surface area (Å²) in [5.41, 5.74) is 3.05. The molecule has 1 aromatic heterocycles. The highest BCUT2D eigenvalue weighted by Crippen LogP contribution is 2.44. The van der Waals surface area contributed by atoms with Crippen molar-refractivity contribution in [3.8, 4) is 5.75 Å². The van der Waals surface area contributed by atoms with Crippen LogP contribution in [0.25, 0.3) is 16.7 Å². The van der Waals surface area contributed by atoms with Crippen LogP contribution in [-0.4, -0.2) is 28.9 Å². The van der Waals surface area contributed by atoms with E-state index in [9.17, 15) is 19.1 Å². The first kappa shape index (κ1) is 23.4. The zero-order valence-corrected chi connectivity index (χ0v) is 20.1. The van der Waals surface area contributed by atoms with E-state index >= 15 is 0 Å². The molecule has 1 atom stereocenters. The summed E-state index contributed by atoms with van der Waals surface area (Å²) in [7, 11) is 1.58. The molecule has 1 aliphatic heterocycles. The zero-order chi connectivity index (χ0) is 25.6. The predicted octanol–water partition coefficient (Wildman–Crippen LogP) is 6.07. The number of carbonyl (C=O) groups is 2. The van der Waals surface area contributed by atoms with Gasteiger partial charge in [0.2, 0.25) is 0 Å². The summed E-state index contributed by atoms with van der Waals surface area (Å²) < 4.78 is 19.1. The number of aliphatic hydroxyl groups excluding tert-OH is 1. The summed E-state index contributed by atoms with van der Waals surface area (Å²) in [6, 6.07) is 17.1. The van der Waals surface area contributed by atoms with E-state index in [1.165, 1.54) is 29.2 Å². The third-order valence-electron chi connectivity index (χ3n) is 6.59. The highest BCUT2D eigenvalue weighted by molar-refractivity contribution is 6.51. The maximum absolute atomic E-state index is 13.7. The number of carbonyl (C=O) groups excluding carboxylic acids is 2. The van der Waals surface area contributed by atoms with Gasteiger partial charge < -0.3 is 14.8 Å². The summed E-state index contributed by atoms with van der Waals surface area (Å²) in [5, 5.41) is 12.3. The first-order chi connectivity index (χ1) is 17.3. The molecule has 182 valence electrons. The molecular weight excluding hydrogens is 459 g/mol. The molecule has 1 fully saturated rings. The Labute approximate surface area is 207 Å². The van der Waals surface area contributed by atoms with Crippen molar-refractivity contribution >= 4 is 34.0 Å². The van der Waals surface area contributed by atoms with E-state index in [0.29, 0.717) is 22.6 Å². The quantitative estimate of drug-likeness (QED) is 0.205. The lowest BCUT2D eigenvalue weighted by Gasteiger charge is -2.25. The molecule has 0 spiro atoms. The van der Waals surface area contributed by atoms with Gasteiger partial charge in [-0.05, 0) is 60.0 Å². The van der Waals surface area contributed by atoms with Gasteiger partial charge >= 0.3 is 0 Å². The molecule has 4 aromatic rings. The fraction of sp³-hybridized carbons (Fsp3) is 0.172. The number of anilines is 1. The van der Waals surface area contributed by atoms with Crippen molar-refractivity contribution in [3.05, 3.63) is 101 Å². The molecule has 7 heteroatoms. The largest absolute Gasteiger partial charge is 0.507 e. The van der Waals surface area contributed by atoms with Crippen LogP contribution in [-0.2, 0) is 9.59 Å². The number of hydrogen-bond donors (Lipinski definition) is 2. The van der Waals surface area contributed by atoms with Crippen molar-refractivity contribution in [2.45, 2.75) is 25.8 Å². The molecule has 5 rings (SSSR count). The zero-order valence-electron chi connectivity index (χ0n) is 20.1. The van der Waals surface area contributed by atoms with Crippen molar-refractivity contribution in [1.29, 1.82) is 0 Å². The number of Topliss-reactive ketones (excluding diaryl/α,β-unsaturated/α-hetero) is 1. The molecule has 1 unspecified atom stereocenters. The number of hydrogen-bond acceptors (Lipinski definition) is 4. The normalized spacial score (nSPS) is 17.4. The summed E-state index contributed by atoms with van der Waals surface area (Å²) in [6.45, 7) is 4.00. The second kappa shape index (κ2) is 9.00. The van der Waals surface area contributed by atoms with Gasteiger partial charge in [0.05, 0.1) is 18.7 Å².